The van der Waals surface area contributed by atoms with Gasteiger partial charge in [0.05, 0.1) is 30.2 Å². The van der Waals surface area contributed by atoms with Crippen molar-refractivity contribution in [3.8, 4) is 0 Å². The molecule has 0 aliphatic rings. The molecule has 0 fully saturated rings. The van der Waals surface area contributed by atoms with Gasteiger partial charge < -0.3 is 4.74 Å². The zero-order chi connectivity index (χ0) is 20.0. The lowest BCUT2D eigenvalue weighted by Crippen LogP contribution is -2.31. The van der Waals surface area contributed by atoms with E-state index < -0.39 is 32.7 Å². The summed E-state index contributed by atoms with van der Waals surface area (Å²) < 4.78 is 32.2. The van der Waals surface area contributed by atoms with Gasteiger partial charge in [0, 0.05) is 17.2 Å². The topological polar surface area (TPSA) is 116 Å². The average molecular weight is 413 g/mol. The van der Waals surface area contributed by atoms with Crippen LogP contribution in [0.5, 0.6) is 0 Å². The van der Waals surface area contributed by atoms with Crippen LogP contribution in [0.4, 0.5) is 5.69 Å². The summed E-state index contributed by atoms with van der Waals surface area (Å²) in [5.41, 5.74) is 0.671. The molecule has 1 N–H and O–H groups in total. The second-order valence-corrected chi connectivity index (χ2v) is 7.82. The Morgan fingerprint density at radius 3 is 2.41 bits per heavy atom. The van der Waals surface area contributed by atoms with Gasteiger partial charge in [0.2, 0.25) is 10.0 Å². The highest BCUT2D eigenvalue weighted by atomic mass is 35.5. The number of nitro benzene ring substituents is 1. The Bertz CT molecular complexity index is 931. The Balaban J connectivity index is 2.22. The highest BCUT2D eigenvalue weighted by Gasteiger charge is 2.24. The number of nitrogens with zero attached hydrogens (tertiary/aromatic N) is 1. The number of methoxy groups -OCH3 is 1. The van der Waals surface area contributed by atoms with Crippen molar-refractivity contribution in [3.05, 3.63) is 74.8 Å². The summed E-state index contributed by atoms with van der Waals surface area (Å²) in [5.74, 6) is -1.01. The predicted octanol–water partition coefficient (Wildman–Crippen LogP) is 2.97. The molecular formula is C17H17ClN2O6S. The molecule has 0 aromatic heterocycles. The van der Waals surface area contributed by atoms with Gasteiger partial charge in [-0.2, -0.15) is 0 Å². The third-order valence-corrected chi connectivity index (χ3v) is 5.41. The molecule has 0 amide bonds. The molecule has 1 unspecified atom stereocenters. The number of nitro groups is 1. The Morgan fingerprint density at radius 2 is 1.85 bits per heavy atom. The molecule has 0 spiro atoms. The standard InChI is InChI=1S/C17H17ClN2O6S/c1-26-17(21)10-16(14-4-2-3-5-15(14)18)19-27(24,25)11-12-6-8-13(9-7-12)20(22)23/h2-9,16,19H,10-11H2,1H3. The number of hydrogen-bond acceptors (Lipinski definition) is 6. The summed E-state index contributed by atoms with van der Waals surface area (Å²) >= 11 is 6.13. The average Bonchev–Trinajstić information content (AvgIpc) is 2.61. The summed E-state index contributed by atoms with van der Waals surface area (Å²) in [6.07, 6.45) is -0.236. The van der Waals surface area contributed by atoms with Crippen LogP contribution in [0.25, 0.3) is 0 Å². The minimum atomic E-state index is -3.87. The number of esters is 1. The fourth-order valence-electron chi connectivity index (χ4n) is 2.41. The SMILES string of the molecule is COC(=O)CC(NS(=O)(=O)Cc1ccc([N+](=O)[O-])cc1)c1ccccc1Cl. The lowest BCUT2D eigenvalue weighted by atomic mass is 10.1. The number of halogens is 1. The Morgan fingerprint density at radius 1 is 1.22 bits per heavy atom. The molecule has 144 valence electrons. The van der Waals surface area contributed by atoms with E-state index in [1.54, 1.807) is 24.3 Å². The Kier molecular flexibility index (Phi) is 6.89. The maximum Gasteiger partial charge on any atom is 0.307 e. The summed E-state index contributed by atoms with van der Waals surface area (Å²) in [7, 11) is -2.67. The van der Waals surface area contributed by atoms with Crippen molar-refractivity contribution in [2.75, 3.05) is 7.11 Å². The van der Waals surface area contributed by atoms with E-state index in [0.717, 1.165) is 0 Å². The van der Waals surface area contributed by atoms with E-state index in [0.29, 0.717) is 16.1 Å². The van der Waals surface area contributed by atoms with Crippen molar-refractivity contribution in [2.24, 2.45) is 0 Å². The minimum Gasteiger partial charge on any atom is -0.469 e. The molecule has 2 aromatic rings. The van der Waals surface area contributed by atoms with Gasteiger partial charge >= 0.3 is 5.97 Å². The number of non-ortho nitro benzene ring substituents is 1. The largest absolute Gasteiger partial charge is 0.469 e. The fraction of sp³-hybridized carbons (Fsp3) is 0.235. The summed E-state index contributed by atoms with van der Waals surface area (Å²) in [4.78, 5) is 21.8. The highest BCUT2D eigenvalue weighted by Crippen LogP contribution is 2.26. The molecular weight excluding hydrogens is 396 g/mol. The third-order valence-electron chi connectivity index (χ3n) is 3.70. The van der Waals surface area contributed by atoms with Crippen LogP contribution in [0.2, 0.25) is 5.02 Å². The summed E-state index contributed by atoms with van der Waals surface area (Å²) in [6.45, 7) is 0. The number of rotatable bonds is 8. The molecule has 10 heteroatoms. The van der Waals surface area contributed by atoms with Gasteiger partial charge in [0.15, 0.2) is 0 Å². The van der Waals surface area contributed by atoms with Gasteiger partial charge in [0.25, 0.3) is 5.69 Å². The van der Waals surface area contributed by atoms with Gasteiger partial charge in [-0.25, -0.2) is 13.1 Å². The van der Waals surface area contributed by atoms with Crippen LogP contribution >= 0.6 is 11.6 Å². The molecule has 8 nitrogen and oxygen atoms in total. The molecule has 2 rings (SSSR count). The van der Waals surface area contributed by atoms with Gasteiger partial charge in [-0.05, 0) is 17.2 Å². The van der Waals surface area contributed by atoms with E-state index >= 15 is 0 Å². The molecule has 0 bridgehead atoms. The first kappa shape index (κ1) is 20.8. The van der Waals surface area contributed by atoms with Gasteiger partial charge in [-0.3, -0.25) is 14.9 Å². The van der Waals surface area contributed by atoms with Gasteiger partial charge in [0.1, 0.15) is 0 Å². The lowest BCUT2D eigenvalue weighted by Gasteiger charge is -2.19. The first-order chi connectivity index (χ1) is 12.7. The number of carbonyl (C=O) groups is 1. The van der Waals surface area contributed by atoms with E-state index in [-0.39, 0.29) is 12.1 Å². The summed E-state index contributed by atoms with van der Waals surface area (Å²) in [5, 5.41) is 11.0. The number of hydrogen-bond donors (Lipinski definition) is 1. The number of carbonyl (C=O) groups excluding carboxylic acids is 1. The van der Waals surface area contributed by atoms with Crippen LogP contribution in [0.3, 0.4) is 0 Å². The predicted molar refractivity (Wildman–Crippen MR) is 99.7 cm³/mol. The van der Waals surface area contributed by atoms with Crippen LogP contribution < -0.4 is 4.72 Å². The van der Waals surface area contributed by atoms with E-state index in [2.05, 4.69) is 9.46 Å². The quantitative estimate of drug-likeness (QED) is 0.405. The van der Waals surface area contributed by atoms with E-state index in [1.807, 2.05) is 0 Å². The van der Waals surface area contributed by atoms with Crippen molar-refractivity contribution in [1.82, 2.24) is 4.72 Å². The number of ether oxygens (including phenoxy) is 1. The zero-order valence-electron chi connectivity index (χ0n) is 14.3. The maximum atomic E-state index is 12.5. The maximum absolute atomic E-state index is 12.5. The van der Waals surface area contributed by atoms with Crippen molar-refractivity contribution in [2.45, 2.75) is 18.2 Å². The molecule has 0 radical (unpaired) electrons. The fourth-order valence-corrected chi connectivity index (χ4v) is 4.04. The number of sulfonamides is 1. The van der Waals surface area contributed by atoms with Crippen molar-refractivity contribution < 1.29 is 22.9 Å². The van der Waals surface area contributed by atoms with Gasteiger partial charge in [-0.1, -0.05) is 41.9 Å². The van der Waals surface area contributed by atoms with Crippen molar-refractivity contribution in [1.29, 1.82) is 0 Å². The molecule has 0 heterocycles. The Hall–Kier alpha value is -2.49. The van der Waals surface area contributed by atoms with Crippen LogP contribution in [0.1, 0.15) is 23.6 Å². The highest BCUT2D eigenvalue weighted by molar-refractivity contribution is 7.88. The number of benzene rings is 2. The first-order valence-electron chi connectivity index (χ1n) is 7.76. The zero-order valence-corrected chi connectivity index (χ0v) is 15.9. The normalized spacial score (nSPS) is 12.4. The summed E-state index contributed by atoms with van der Waals surface area (Å²) in [6, 6.07) is 10.8. The smallest absolute Gasteiger partial charge is 0.307 e. The molecule has 0 saturated carbocycles. The third kappa shape index (κ3) is 6.02. The van der Waals surface area contributed by atoms with Crippen LogP contribution in [0.15, 0.2) is 48.5 Å². The molecule has 0 saturated heterocycles. The molecule has 27 heavy (non-hydrogen) atoms. The molecule has 1 atom stereocenters. The first-order valence-corrected chi connectivity index (χ1v) is 9.79. The van der Waals surface area contributed by atoms with E-state index in [9.17, 15) is 23.3 Å². The van der Waals surface area contributed by atoms with Crippen LogP contribution in [-0.2, 0) is 25.3 Å². The van der Waals surface area contributed by atoms with Crippen molar-refractivity contribution >= 4 is 33.3 Å². The number of nitrogens with one attached hydrogen (secondary N) is 1. The van der Waals surface area contributed by atoms with Crippen LogP contribution in [-0.4, -0.2) is 26.4 Å². The molecule has 2 aromatic carbocycles. The van der Waals surface area contributed by atoms with E-state index in [4.69, 9.17) is 11.6 Å². The van der Waals surface area contributed by atoms with E-state index in [1.165, 1.54) is 31.4 Å². The monoisotopic (exact) mass is 412 g/mol. The van der Waals surface area contributed by atoms with Crippen LogP contribution in [0, 0.1) is 10.1 Å². The lowest BCUT2D eigenvalue weighted by molar-refractivity contribution is -0.384. The van der Waals surface area contributed by atoms with Gasteiger partial charge in [-0.15, -0.1) is 0 Å². The minimum absolute atomic E-state index is 0.135. The molecule has 0 aliphatic heterocycles. The van der Waals surface area contributed by atoms with Crippen molar-refractivity contribution in [3.63, 3.8) is 0 Å². The second kappa shape index (κ2) is 8.94. The second-order valence-electron chi connectivity index (χ2n) is 5.65. The molecule has 0 aliphatic carbocycles. The Labute approximate surface area is 161 Å².